The molecule has 0 fully saturated rings. The molecule has 0 saturated heterocycles. The molecular weight excluding hydrogens is 262 g/mol. The zero-order chi connectivity index (χ0) is 13.6. The van der Waals surface area contributed by atoms with Gasteiger partial charge in [0.1, 0.15) is 11.5 Å². The Morgan fingerprint density at radius 2 is 2.16 bits per heavy atom. The number of para-hydroxylation sites is 1. The van der Waals surface area contributed by atoms with Gasteiger partial charge >= 0.3 is 0 Å². The molecule has 3 N–H and O–H groups in total. The minimum absolute atomic E-state index is 0.226. The van der Waals surface area contributed by atoms with Gasteiger partial charge in [0.25, 0.3) is 0 Å². The van der Waals surface area contributed by atoms with E-state index in [0.29, 0.717) is 10.8 Å². The monoisotopic (exact) mass is 275 g/mol. The molecule has 0 aliphatic rings. The summed E-state index contributed by atoms with van der Waals surface area (Å²) in [6.07, 6.45) is 0. The third kappa shape index (κ3) is 1.86. The van der Waals surface area contributed by atoms with Gasteiger partial charge < -0.3 is 10.3 Å². The average Bonchev–Trinajstić information content (AvgIpc) is 2.92. The first kappa shape index (κ1) is 12.0. The van der Waals surface area contributed by atoms with E-state index in [1.807, 2.05) is 18.2 Å². The van der Waals surface area contributed by atoms with Gasteiger partial charge in [-0.1, -0.05) is 17.7 Å². The number of aromatic nitrogens is 4. The number of nitrogens with one attached hydrogen (secondary N) is 1. The topological polar surface area (TPSA) is 72.5 Å². The molecule has 0 aliphatic heterocycles. The fraction of sp³-hybridized carbons (Fsp3) is 0.231. The number of fused-ring (bicyclic) bond motifs is 1. The molecular formula is C13H14ClN5. The van der Waals surface area contributed by atoms with Crippen molar-refractivity contribution in [1.29, 1.82) is 0 Å². The van der Waals surface area contributed by atoms with Crippen LogP contribution >= 0.6 is 11.6 Å². The molecule has 1 aromatic carbocycles. The molecule has 0 amide bonds. The molecule has 3 rings (SSSR count). The number of imidazole rings is 1. The Morgan fingerprint density at radius 1 is 1.37 bits per heavy atom. The van der Waals surface area contributed by atoms with Gasteiger partial charge in [-0.2, -0.15) is 5.10 Å². The molecule has 0 unspecified atom stereocenters. The van der Waals surface area contributed by atoms with Crippen LogP contribution in [0.15, 0.2) is 24.3 Å². The molecule has 19 heavy (non-hydrogen) atoms. The van der Waals surface area contributed by atoms with E-state index in [-0.39, 0.29) is 6.04 Å². The number of aromatic amines is 1. The van der Waals surface area contributed by atoms with Crippen LogP contribution in [0.1, 0.15) is 19.9 Å². The minimum atomic E-state index is 0.226. The predicted molar refractivity (Wildman–Crippen MR) is 77.1 cm³/mol. The van der Waals surface area contributed by atoms with Gasteiger partial charge in [-0.05, 0) is 26.0 Å². The number of H-pyrrole nitrogens is 1. The van der Waals surface area contributed by atoms with Gasteiger partial charge in [0.2, 0.25) is 0 Å². The summed E-state index contributed by atoms with van der Waals surface area (Å²) < 4.78 is 2.09. The summed E-state index contributed by atoms with van der Waals surface area (Å²) in [5.41, 5.74) is 8.25. The van der Waals surface area contributed by atoms with Crippen LogP contribution in [0.25, 0.3) is 22.6 Å². The number of nitrogens with two attached hydrogens (primary N) is 1. The SMILES string of the molecule is CC(C)n1c(-c2cc(N)n[nH]2)nc2cccc(Cl)c21. The first-order valence-corrected chi connectivity index (χ1v) is 6.43. The van der Waals surface area contributed by atoms with Gasteiger partial charge in [-0.25, -0.2) is 4.98 Å². The van der Waals surface area contributed by atoms with E-state index in [0.717, 1.165) is 22.6 Å². The maximum atomic E-state index is 6.30. The van der Waals surface area contributed by atoms with Crippen molar-refractivity contribution in [2.45, 2.75) is 19.9 Å². The van der Waals surface area contributed by atoms with Crippen LogP contribution in [0.3, 0.4) is 0 Å². The molecule has 5 nitrogen and oxygen atoms in total. The number of hydrogen-bond donors (Lipinski definition) is 2. The standard InChI is InChI=1S/C13H14ClN5/c1-7(2)19-12-8(14)4-3-5-9(12)16-13(19)10-6-11(15)18-17-10/h3-7H,1-2H3,(H3,15,17,18). The largest absolute Gasteiger partial charge is 0.382 e. The Kier molecular flexibility index (Phi) is 2.71. The highest BCUT2D eigenvalue weighted by Gasteiger charge is 2.18. The number of benzene rings is 1. The van der Waals surface area contributed by atoms with Crippen LogP contribution in [0.5, 0.6) is 0 Å². The van der Waals surface area contributed by atoms with Crippen LogP contribution in [0.4, 0.5) is 5.82 Å². The maximum Gasteiger partial charge on any atom is 0.159 e. The van der Waals surface area contributed by atoms with Crippen molar-refractivity contribution in [3.8, 4) is 11.5 Å². The zero-order valence-electron chi connectivity index (χ0n) is 10.7. The molecule has 0 saturated carbocycles. The highest BCUT2D eigenvalue weighted by atomic mass is 35.5. The predicted octanol–water partition coefficient (Wildman–Crippen LogP) is 3.24. The van der Waals surface area contributed by atoms with Gasteiger partial charge in [0, 0.05) is 12.1 Å². The first-order chi connectivity index (χ1) is 9.08. The van der Waals surface area contributed by atoms with Gasteiger partial charge in [-0.15, -0.1) is 0 Å². The number of anilines is 1. The molecule has 2 heterocycles. The molecule has 0 spiro atoms. The zero-order valence-corrected chi connectivity index (χ0v) is 11.4. The summed E-state index contributed by atoms with van der Waals surface area (Å²) in [7, 11) is 0. The number of rotatable bonds is 2. The van der Waals surface area contributed by atoms with Crippen LogP contribution in [0.2, 0.25) is 5.02 Å². The van der Waals surface area contributed by atoms with Gasteiger partial charge in [0.05, 0.1) is 16.1 Å². The number of hydrogen-bond acceptors (Lipinski definition) is 3. The van der Waals surface area contributed by atoms with E-state index in [2.05, 4.69) is 33.6 Å². The lowest BCUT2D eigenvalue weighted by Crippen LogP contribution is -2.03. The third-order valence-electron chi connectivity index (χ3n) is 3.02. The Morgan fingerprint density at radius 3 is 2.79 bits per heavy atom. The van der Waals surface area contributed by atoms with Gasteiger partial charge in [0.15, 0.2) is 5.82 Å². The molecule has 0 radical (unpaired) electrons. The minimum Gasteiger partial charge on any atom is -0.382 e. The number of nitrogens with zero attached hydrogens (tertiary/aromatic N) is 3. The van der Waals surface area contributed by atoms with Crippen LogP contribution in [-0.2, 0) is 0 Å². The molecule has 6 heteroatoms. The smallest absolute Gasteiger partial charge is 0.159 e. The highest BCUT2D eigenvalue weighted by molar-refractivity contribution is 6.35. The Labute approximate surface area is 115 Å². The summed E-state index contributed by atoms with van der Waals surface area (Å²) in [6, 6.07) is 7.71. The van der Waals surface area contributed by atoms with Crippen molar-refractivity contribution >= 4 is 28.5 Å². The Hall–Kier alpha value is -2.01. The quantitative estimate of drug-likeness (QED) is 0.754. The van der Waals surface area contributed by atoms with Crippen molar-refractivity contribution in [3.63, 3.8) is 0 Å². The van der Waals surface area contributed by atoms with E-state index < -0.39 is 0 Å². The lowest BCUT2D eigenvalue weighted by Gasteiger charge is -2.12. The van der Waals surface area contributed by atoms with E-state index in [4.69, 9.17) is 17.3 Å². The van der Waals surface area contributed by atoms with Crippen molar-refractivity contribution < 1.29 is 0 Å². The summed E-state index contributed by atoms with van der Waals surface area (Å²) in [5, 5.41) is 7.54. The molecule has 0 atom stereocenters. The third-order valence-corrected chi connectivity index (χ3v) is 3.32. The highest BCUT2D eigenvalue weighted by Crippen LogP contribution is 2.31. The Balaban J connectivity index is 2.36. The Bertz CT molecular complexity index is 741. The average molecular weight is 276 g/mol. The van der Waals surface area contributed by atoms with E-state index >= 15 is 0 Å². The van der Waals surface area contributed by atoms with E-state index in [1.54, 1.807) is 6.07 Å². The summed E-state index contributed by atoms with van der Waals surface area (Å²) in [6.45, 7) is 4.18. The molecule has 2 aromatic heterocycles. The molecule has 3 aromatic rings. The second-order valence-electron chi connectivity index (χ2n) is 4.71. The van der Waals surface area contributed by atoms with Gasteiger partial charge in [-0.3, -0.25) is 5.10 Å². The maximum absolute atomic E-state index is 6.30. The summed E-state index contributed by atoms with van der Waals surface area (Å²) in [4.78, 5) is 4.63. The van der Waals surface area contributed by atoms with Crippen LogP contribution in [-0.4, -0.2) is 19.7 Å². The van der Waals surface area contributed by atoms with Crippen molar-refractivity contribution in [1.82, 2.24) is 19.7 Å². The van der Waals surface area contributed by atoms with E-state index in [9.17, 15) is 0 Å². The fourth-order valence-electron chi connectivity index (χ4n) is 2.25. The lowest BCUT2D eigenvalue weighted by atomic mass is 10.3. The molecule has 0 aliphatic carbocycles. The second kappa shape index (κ2) is 4.28. The normalized spacial score (nSPS) is 11.6. The fourth-order valence-corrected chi connectivity index (χ4v) is 2.51. The van der Waals surface area contributed by atoms with E-state index in [1.165, 1.54) is 0 Å². The van der Waals surface area contributed by atoms with Crippen LogP contribution in [0, 0.1) is 0 Å². The number of nitrogen functional groups attached to an aromatic ring is 1. The summed E-state index contributed by atoms with van der Waals surface area (Å²) in [5.74, 6) is 1.24. The molecule has 98 valence electrons. The van der Waals surface area contributed by atoms with Crippen molar-refractivity contribution in [2.75, 3.05) is 5.73 Å². The summed E-state index contributed by atoms with van der Waals surface area (Å²) >= 11 is 6.30. The second-order valence-corrected chi connectivity index (χ2v) is 5.12. The number of halogens is 1. The lowest BCUT2D eigenvalue weighted by molar-refractivity contribution is 0.623. The molecule has 0 bridgehead atoms. The van der Waals surface area contributed by atoms with Crippen molar-refractivity contribution in [2.24, 2.45) is 0 Å². The first-order valence-electron chi connectivity index (χ1n) is 6.05. The van der Waals surface area contributed by atoms with Crippen molar-refractivity contribution in [3.05, 3.63) is 29.3 Å². The van der Waals surface area contributed by atoms with Crippen LogP contribution < -0.4 is 5.73 Å².